The summed E-state index contributed by atoms with van der Waals surface area (Å²) < 4.78 is 170. The maximum atomic E-state index is 13.6. The van der Waals surface area contributed by atoms with E-state index in [0.29, 0.717) is 0 Å². The summed E-state index contributed by atoms with van der Waals surface area (Å²) in [5, 5.41) is 42.0. The number of aliphatic hydroxyl groups excluding tert-OH is 1. The van der Waals surface area contributed by atoms with Gasteiger partial charge in [0, 0.05) is 14.7 Å². The maximum absolute atomic E-state index is 13.6. The zero-order valence-electron chi connectivity index (χ0n) is 20.9. The molecule has 1 saturated heterocycles. The fourth-order valence-corrected chi connectivity index (χ4v) is 4.52. The van der Waals surface area contributed by atoms with Crippen LogP contribution < -0.4 is 0 Å². The first-order valence-electron chi connectivity index (χ1n) is 10.8. The van der Waals surface area contributed by atoms with E-state index >= 15 is 0 Å². The topological polar surface area (TPSA) is 168 Å². The van der Waals surface area contributed by atoms with Crippen LogP contribution in [0.2, 0.25) is 25.7 Å². The van der Waals surface area contributed by atoms with E-state index in [-0.39, 0.29) is 6.04 Å². The van der Waals surface area contributed by atoms with Gasteiger partial charge in [-0.2, -0.15) is 52.7 Å². The van der Waals surface area contributed by atoms with E-state index in [2.05, 4.69) is 9.47 Å². The standard InChI is InChI=1S/C19H20F12O10Si/c1-42(2,3)5-4-40-12-14(38,10(35)18(26,27)28)15(39,11(36)19(29,30)31)13(37,9(34)17(23,24)25)8(41-12)6(32)7(33)16(20,21)22/h6,8,12,32,37-39H,4-5H2,1-3H3/t6?,8-,12+,13+,14+,15+/m1/s1. The summed E-state index contributed by atoms with van der Waals surface area (Å²) in [7, 11) is -2.48. The van der Waals surface area contributed by atoms with Gasteiger partial charge in [-0.1, -0.05) is 19.6 Å². The minimum absolute atomic E-state index is 0.352. The van der Waals surface area contributed by atoms with Crippen LogP contribution in [0.5, 0.6) is 0 Å². The normalized spacial score (nSPS) is 30.5. The average Bonchev–Trinajstić information content (AvgIpc) is 2.78. The number of rotatable bonds is 9. The van der Waals surface area contributed by atoms with Crippen LogP contribution in [0.4, 0.5) is 52.7 Å². The van der Waals surface area contributed by atoms with Crippen molar-refractivity contribution in [3.05, 3.63) is 0 Å². The second-order valence-electron chi connectivity index (χ2n) is 10.1. The summed E-state index contributed by atoms with van der Waals surface area (Å²) in [6.45, 7) is 3.25. The van der Waals surface area contributed by atoms with Gasteiger partial charge in [0.25, 0.3) is 23.1 Å². The molecule has 23 heteroatoms. The number of halogens is 12. The quantitative estimate of drug-likeness (QED) is 0.207. The number of ether oxygens (including phenoxy) is 2. The van der Waals surface area contributed by atoms with E-state index in [1.54, 1.807) is 0 Å². The number of aliphatic hydroxyl groups is 4. The number of ketones is 4. The molecule has 1 heterocycles. The Morgan fingerprint density at radius 3 is 1.45 bits per heavy atom. The lowest BCUT2D eigenvalue weighted by molar-refractivity contribution is -0.385. The molecule has 0 aromatic rings. The molecule has 0 spiro atoms. The molecule has 0 bridgehead atoms. The molecule has 0 aliphatic carbocycles. The van der Waals surface area contributed by atoms with Crippen molar-refractivity contribution in [3.63, 3.8) is 0 Å². The number of hydrogen-bond donors (Lipinski definition) is 4. The van der Waals surface area contributed by atoms with Gasteiger partial charge in [-0.05, 0) is 6.04 Å². The summed E-state index contributed by atoms with van der Waals surface area (Å²) in [5.41, 5.74) is -18.9. The summed E-state index contributed by atoms with van der Waals surface area (Å²) in [6, 6.07) is -0.352. The highest BCUT2D eigenvalue weighted by molar-refractivity contribution is 6.76. The van der Waals surface area contributed by atoms with Crippen LogP contribution in [0, 0.1) is 0 Å². The third kappa shape index (κ3) is 6.50. The van der Waals surface area contributed by atoms with Crippen molar-refractivity contribution in [2.24, 2.45) is 0 Å². The molecule has 1 unspecified atom stereocenters. The van der Waals surface area contributed by atoms with Crippen LogP contribution in [0.1, 0.15) is 0 Å². The van der Waals surface area contributed by atoms with Gasteiger partial charge >= 0.3 is 24.7 Å². The lowest BCUT2D eigenvalue weighted by Crippen LogP contribution is -2.90. The van der Waals surface area contributed by atoms with Crippen LogP contribution in [0.3, 0.4) is 0 Å². The Labute approximate surface area is 226 Å². The highest BCUT2D eigenvalue weighted by Gasteiger charge is 2.88. The molecule has 10 nitrogen and oxygen atoms in total. The Bertz CT molecular complexity index is 1100. The monoisotopic (exact) mass is 664 g/mol. The van der Waals surface area contributed by atoms with Gasteiger partial charge in [0.1, 0.15) is 6.10 Å². The molecular formula is C19H20F12O10Si. The fraction of sp³-hybridized carbons (Fsp3) is 0.789. The van der Waals surface area contributed by atoms with Crippen LogP contribution in [-0.2, 0) is 28.7 Å². The van der Waals surface area contributed by atoms with Gasteiger partial charge in [0.05, 0.1) is 0 Å². The first kappa shape index (κ1) is 37.8. The van der Waals surface area contributed by atoms with Gasteiger partial charge in [0.15, 0.2) is 12.4 Å². The molecule has 0 aromatic carbocycles. The molecular weight excluding hydrogens is 644 g/mol. The van der Waals surface area contributed by atoms with Gasteiger partial charge in [-0.25, -0.2) is 0 Å². The third-order valence-corrected chi connectivity index (χ3v) is 7.58. The summed E-state index contributed by atoms with van der Waals surface area (Å²) in [6.07, 6.45) is -40.4. The second kappa shape index (κ2) is 11.1. The lowest BCUT2D eigenvalue weighted by atomic mass is 9.59. The SMILES string of the molecule is C[Si](C)(C)CCO[C@H]1O[C@H](C(O)C(=O)C(F)(F)F)[C@](O)(C(=O)C(F)(F)F)[C@@](O)(C(=O)C(F)(F)F)[C@]1(O)C(=O)C(F)(F)F. The summed E-state index contributed by atoms with van der Waals surface area (Å²) >= 11 is 0. The van der Waals surface area contributed by atoms with Crippen molar-refractivity contribution >= 4 is 31.2 Å². The van der Waals surface area contributed by atoms with Crippen molar-refractivity contribution in [2.45, 2.75) is 85.7 Å². The van der Waals surface area contributed by atoms with Crippen molar-refractivity contribution in [1.82, 2.24) is 0 Å². The van der Waals surface area contributed by atoms with E-state index in [4.69, 9.17) is 0 Å². The molecule has 1 aliphatic rings. The Kier molecular flexibility index (Phi) is 9.97. The predicted octanol–water partition coefficient (Wildman–Crippen LogP) is 1.15. The van der Waals surface area contributed by atoms with E-state index in [9.17, 15) is 92.3 Å². The fourth-order valence-electron chi connectivity index (χ4n) is 3.79. The maximum Gasteiger partial charge on any atom is 0.453 e. The van der Waals surface area contributed by atoms with Crippen molar-refractivity contribution in [1.29, 1.82) is 0 Å². The summed E-state index contributed by atoms with van der Waals surface area (Å²) in [5.74, 6) is -17.0. The molecule has 1 fully saturated rings. The Morgan fingerprint density at radius 1 is 0.738 bits per heavy atom. The first-order valence-corrected chi connectivity index (χ1v) is 14.5. The number of Topliss-reactive ketones (excluding diaryl/α,β-unsaturated/α-hetero) is 4. The molecule has 4 N–H and O–H groups in total. The largest absolute Gasteiger partial charge is 0.453 e. The molecule has 244 valence electrons. The van der Waals surface area contributed by atoms with Gasteiger partial charge in [0.2, 0.25) is 16.8 Å². The van der Waals surface area contributed by atoms with Crippen LogP contribution >= 0.6 is 0 Å². The first-order chi connectivity index (χ1) is 18.2. The van der Waals surface area contributed by atoms with Crippen molar-refractivity contribution in [2.75, 3.05) is 6.61 Å². The number of hydrogen-bond acceptors (Lipinski definition) is 10. The zero-order chi connectivity index (χ0) is 33.9. The Morgan fingerprint density at radius 2 is 1.12 bits per heavy atom. The number of alkyl halides is 12. The van der Waals surface area contributed by atoms with Crippen molar-refractivity contribution in [3.8, 4) is 0 Å². The van der Waals surface area contributed by atoms with Gasteiger partial charge in [-0.15, -0.1) is 0 Å². The molecule has 42 heavy (non-hydrogen) atoms. The highest BCUT2D eigenvalue weighted by Crippen LogP contribution is 2.53. The van der Waals surface area contributed by atoms with E-state index < -0.39 is 97.8 Å². The molecule has 1 rings (SSSR count). The number of carbonyl (C=O) groups excluding carboxylic acids is 4. The predicted molar refractivity (Wildman–Crippen MR) is 108 cm³/mol. The van der Waals surface area contributed by atoms with Gasteiger partial charge < -0.3 is 29.9 Å². The van der Waals surface area contributed by atoms with Crippen LogP contribution in [0.25, 0.3) is 0 Å². The van der Waals surface area contributed by atoms with Crippen molar-refractivity contribution < 1.29 is 102 Å². The smallest absolute Gasteiger partial charge is 0.382 e. The molecule has 1 aliphatic heterocycles. The van der Waals surface area contributed by atoms with E-state index in [0.717, 1.165) is 0 Å². The Balaban J connectivity index is 4.42. The van der Waals surface area contributed by atoms with E-state index in [1.165, 1.54) is 19.6 Å². The second-order valence-corrected chi connectivity index (χ2v) is 15.7. The molecule has 0 aromatic heterocycles. The average molecular weight is 664 g/mol. The molecule has 0 radical (unpaired) electrons. The Hall–Kier alpha value is -2.18. The lowest BCUT2D eigenvalue weighted by Gasteiger charge is -2.58. The van der Waals surface area contributed by atoms with E-state index in [1.807, 2.05) is 0 Å². The zero-order valence-corrected chi connectivity index (χ0v) is 21.9. The molecule has 0 amide bonds. The van der Waals surface area contributed by atoms with Gasteiger partial charge in [-0.3, -0.25) is 19.2 Å². The molecule has 6 atom stereocenters. The minimum Gasteiger partial charge on any atom is -0.382 e. The third-order valence-electron chi connectivity index (χ3n) is 5.88. The highest BCUT2D eigenvalue weighted by atomic mass is 28.3. The summed E-state index contributed by atoms with van der Waals surface area (Å²) in [4.78, 5) is 48.4. The van der Waals surface area contributed by atoms with Crippen LogP contribution in [-0.4, -0.2) is 118 Å². The number of carbonyl (C=O) groups is 4. The minimum atomic E-state index is -7.02. The van der Waals surface area contributed by atoms with Crippen LogP contribution in [0.15, 0.2) is 0 Å². The molecule has 0 saturated carbocycles.